The van der Waals surface area contributed by atoms with Gasteiger partial charge in [0.1, 0.15) is 0 Å². The summed E-state index contributed by atoms with van der Waals surface area (Å²) in [5, 5.41) is 0.992. The first kappa shape index (κ1) is 20.5. The number of amides is 1. The number of halogens is 1. The van der Waals surface area contributed by atoms with Gasteiger partial charge in [-0.25, -0.2) is 4.42 Å². The van der Waals surface area contributed by atoms with E-state index in [2.05, 4.69) is 46.3 Å². The molecule has 0 radical (unpaired) electrons. The molecule has 1 atom stereocenters. The van der Waals surface area contributed by atoms with Gasteiger partial charge in [-0.2, -0.15) is 0 Å². The second-order valence-corrected chi connectivity index (χ2v) is 8.49. The average Bonchev–Trinajstić information content (AvgIpc) is 3.34. The quantitative estimate of drug-likeness (QED) is 0.378. The van der Waals surface area contributed by atoms with E-state index in [4.69, 9.17) is 16.8 Å². The Morgan fingerprint density at radius 2 is 1.94 bits per heavy atom. The van der Waals surface area contributed by atoms with Crippen LogP contribution >= 0.6 is 11.8 Å². The van der Waals surface area contributed by atoms with Gasteiger partial charge in [0.2, 0.25) is 0 Å². The second-order valence-electron chi connectivity index (χ2n) is 8.15. The highest BCUT2D eigenvalue weighted by Gasteiger charge is 2.26. The lowest BCUT2D eigenvalue weighted by molar-refractivity contribution is 0.101. The fraction of sp³-hybridized carbons (Fsp3) is 0.192. The molecule has 2 aromatic carbocycles. The van der Waals surface area contributed by atoms with Crippen LogP contribution in [-0.4, -0.2) is 29.0 Å². The minimum Gasteiger partial charge on any atom is -0.370 e. The first-order chi connectivity index (χ1) is 15.6. The summed E-state index contributed by atoms with van der Waals surface area (Å²) in [4.78, 5) is 23.9. The Kier molecular flexibility index (Phi) is 5.50. The van der Waals surface area contributed by atoms with Crippen LogP contribution in [0.25, 0.3) is 10.9 Å². The zero-order chi connectivity index (χ0) is 22.1. The predicted molar refractivity (Wildman–Crippen MR) is 129 cm³/mol. The third-order valence-electron chi connectivity index (χ3n) is 6.01. The van der Waals surface area contributed by atoms with Crippen LogP contribution in [0.15, 0.2) is 79.1 Å². The summed E-state index contributed by atoms with van der Waals surface area (Å²) < 4.78 is 1.15. The third-order valence-corrected chi connectivity index (χ3v) is 6.36. The van der Waals surface area contributed by atoms with Gasteiger partial charge in [-0.15, -0.1) is 0 Å². The SMILES string of the molecule is Cc1cc(N2CCC(c3ccccc3)C2)c2cc(N(Cl)C(=O)c3cccnc3)ccc2n1. The molecule has 1 aliphatic heterocycles. The van der Waals surface area contributed by atoms with Gasteiger partial charge in [0, 0.05) is 59.9 Å². The van der Waals surface area contributed by atoms with E-state index in [9.17, 15) is 4.79 Å². The molecule has 2 aromatic heterocycles. The summed E-state index contributed by atoms with van der Waals surface area (Å²) in [7, 11) is 0. The Bertz CT molecular complexity index is 1260. The van der Waals surface area contributed by atoms with Crippen molar-refractivity contribution >= 4 is 40.0 Å². The van der Waals surface area contributed by atoms with Gasteiger partial charge in [0.25, 0.3) is 5.91 Å². The lowest BCUT2D eigenvalue weighted by atomic mass is 9.99. The van der Waals surface area contributed by atoms with Gasteiger partial charge < -0.3 is 4.90 Å². The maximum Gasteiger partial charge on any atom is 0.274 e. The van der Waals surface area contributed by atoms with E-state index in [-0.39, 0.29) is 5.91 Å². The number of hydrogen-bond acceptors (Lipinski definition) is 4. The number of rotatable bonds is 4. The summed E-state index contributed by atoms with van der Waals surface area (Å²) in [5.41, 5.74) is 5.42. The van der Waals surface area contributed by atoms with Gasteiger partial charge >= 0.3 is 0 Å². The molecule has 0 spiro atoms. The van der Waals surface area contributed by atoms with Crippen molar-refractivity contribution in [3.05, 3.63) is 95.9 Å². The van der Waals surface area contributed by atoms with Crippen molar-refractivity contribution in [2.45, 2.75) is 19.3 Å². The second kappa shape index (κ2) is 8.60. The summed E-state index contributed by atoms with van der Waals surface area (Å²) in [6.07, 6.45) is 4.25. The first-order valence-electron chi connectivity index (χ1n) is 10.7. The van der Waals surface area contributed by atoms with Crippen LogP contribution in [0.4, 0.5) is 11.4 Å². The van der Waals surface area contributed by atoms with Crippen molar-refractivity contribution < 1.29 is 4.79 Å². The molecule has 0 aliphatic carbocycles. The monoisotopic (exact) mass is 442 g/mol. The smallest absolute Gasteiger partial charge is 0.274 e. The van der Waals surface area contributed by atoms with Gasteiger partial charge in [-0.05, 0) is 55.3 Å². The lowest BCUT2D eigenvalue weighted by Gasteiger charge is -2.22. The standard InChI is InChI=1S/C26H23ClN4O/c1-18-14-25(30-13-11-21(17-30)19-6-3-2-4-7-19)23-15-22(9-10-24(23)29-18)31(27)26(32)20-8-5-12-28-16-20/h2-10,12,14-16,21H,11,13,17H2,1H3. The topological polar surface area (TPSA) is 49.3 Å². The molecule has 32 heavy (non-hydrogen) atoms. The zero-order valence-electron chi connectivity index (χ0n) is 17.8. The van der Waals surface area contributed by atoms with E-state index >= 15 is 0 Å². The van der Waals surface area contributed by atoms with E-state index in [1.54, 1.807) is 18.3 Å². The summed E-state index contributed by atoms with van der Waals surface area (Å²) in [6, 6.07) is 21.9. The predicted octanol–water partition coefficient (Wildman–Crippen LogP) is 5.73. The Morgan fingerprint density at radius 1 is 1.09 bits per heavy atom. The van der Waals surface area contributed by atoms with Crippen molar-refractivity contribution in [2.24, 2.45) is 0 Å². The molecule has 0 bridgehead atoms. The Labute approximate surface area is 192 Å². The van der Waals surface area contributed by atoms with Crippen molar-refractivity contribution in [3.63, 3.8) is 0 Å². The minimum atomic E-state index is -0.314. The molecule has 1 saturated heterocycles. The normalized spacial score (nSPS) is 15.8. The average molecular weight is 443 g/mol. The molecule has 0 N–H and O–H groups in total. The molecule has 1 fully saturated rings. The van der Waals surface area contributed by atoms with Gasteiger partial charge in [-0.3, -0.25) is 14.8 Å². The number of aryl methyl sites for hydroxylation is 1. The van der Waals surface area contributed by atoms with E-state index in [1.807, 2.05) is 25.1 Å². The van der Waals surface area contributed by atoms with Gasteiger partial charge in [0.15, 0.2) is 0 Å². The Balaban J connectivity index is 1.49. The van der Waals surface area contributed by atoms with Crippen LogP contribution in [0.2, 0.25) is 0 Å². The molecule has 0 saturated carbocycles. The van der Waals surface area contributed by atoms with Crippen LogP contribution in [0.5, 0.6) is 0 Å². The van der Waals surface area contributed by atoms with Crippen molar-refractivity contribution in [3.8, 4) is 0 Å². The molecule has 3 heterocycles. The van der Waals surface area contributed by atoms with Crippen molar-refractivity contribution in [1.29, 1.82) is 0 Å². The molecule has 1 unspecified atom stereocenters. The maximum atomic E-state index is 12.8. The first-order valence-corrected chi connectivity index (χ1v) is 11.1. The fourth-order valence-electron chi connectivity index (χ4n) is 4.40. The van der Waals surface area contributed by atoms with E-state index in [0.717, 1.165) is 46.2 Å². The molecular weight excluding hydrogens is 420 g/mol. The number of carbonyl (C=O) groups is 1. The minimum absolute atomic E-state index is 0.314. The Morgan fingerprint density at radius 3 is 2.72 bits per heavy atom. The number of aromatic nitrogens is 2. The molecule has 5 nitrogen and oxygen atoms in total. The number of hydrogen-bond donors (Lipinski definition) is 0. The molecule has 1 amide bonds. The largest absolute Gasteiger partial charge is 0.370 e. The molecule has 5 rings (SSSR count). The highest BCUT2D eigenvalue weighted by Crippen LogP contribution is 2.36. The van der Waals surface area contributed by atoms with Crippen LogP contribution in [0, 0.1) is 6.92 Å². The molecule has 160 valence electrons. The van der Waals surface area contributed by atoms with Crippen LogP contribution in [-0.2, 0) is 0 Å². The van der Waals surface area contributed by atoms with E-state index < -0.39 is 0 Å². The molecule has 6 heteroatoms. The number of fused-ring (bicyclic) bond motifs is 1. The lowest BCUT2D eigenvalue weighted by Crippen LogP contribution is -2.21. The number of nitrogens with zero attached hydrogens (tertiary/aromatic N) is 4. The molecule has 4 aromatic rings. The highest BCUT2D eigenvalue weighted by atomic mass is 35.5. The zero-order valence-corrected chi connectivity index (χ0v) is 18.5. The fourth-order valence-corrected chi connectivity index (χ4v) is 4.61. The number of pyridine rings is 2. The summed E-state index contributed by atoms with van der Waals surface area (Å²) in [6.45, 7) is 3.94. The third kappa shape index (κ3) is 3.92. The Hall–Kier alpha value is -3.44. The molecular formula is C26H23ClN4O. The maximum absolute atomic E-state index is 12.8. The van der Waals surface area contributed by atoms with Gasteiger partial charge in [-0.1, -0.05) is 30.3 Å². The number of carbonyl (C=O) groups excluding carboxylic acids is 1. The van der Waals surface area contributed by atoms with Gasteiger partial charge in [0.05, 0.1) is 16.8 Å². The molecule has 1 aliphatic rings. The number of anilines is 2. The van der Waals surface area contributed by atoms with Crippen molar-refractivity contribution in [1.82, 2.24) is 9.97 Å². The van der Waals surface area contributed by atoms with Crippen LogP contribution < -0.4 is 9.32 Å². The van der Waals surface area contributed by atoms with E-state index in [0.29, 0.717) is 17.2 Å². The highest BCUT2D eigenvalue weighted by molar-refractivity contribution is 6.39. The van der Waals surface area contributed by atoms with Crippen LogP contribution in [0.3, 0.4) is 0 Å². The van der Waals surface area contributed by atoms with E-state index in [1.165, 1.54) is 11.8 Å². The summed E-state index contributed by atoms with van der Waals surface area (Å²) >= 11 is 6.46. The summed E-state index contributed by atoms with van der Waals surface area (Å²) in [5.74, 6) is 0.186. The number of benzene rings is 2. The van der Waals surface area contributed by atoms with Crippen molar-refractivity contribution in [2.75, 3.05) is 22.4 Å². The van der Waals surface area contributed by atoms with Crippen LogP contribution in [0.1, 0.15) is 34.0 Å².